The van der Waals surface area contributed by atoms with Crippen molar-refractivity contribution in [2.45, 2.75) is 24.9 Å². The van der Waals surface area contributed by atoms with Gasteiger partial charge in [-0.15, -0.1) is 0 Å². The minimum Gasteiger partial charge on any atom is -0.335 e. The number of piperidine rings is 1. The number of rotatable bonds is 6. The number of sulfonamides is 1. The van der Waals surface area contributed by atoms with Crippen LogP contribution in [-0.2, 0) is 10.0 Å². The molecule has 1 aromatic rings. The van der Waals surface area contributed by atoms with Crippen molar-refractivity contribution in [1.82, 2.24) is 19.8 Å². The van der Waals surface area contributed by atoms with E-state index in [9.17, 15) is 13.2 Å². The van der Waals surface area contributed by atoms with Crippen LogP contribution in [0, 0.1) is 0 Å². The minimum absolute atomic E-state index is 0.00576. The van der Waals surface area contributed by atoms with Gasteiger partial charge in [-0.05, 0) is 32.5 Å². The van der Waals surface area contributed by atoms with Gasteiger partial charge >= 0.3 is 6.03 Å². The first-order valence-electron chi connectivity index (χ1n) is 8.47. The maximum atomic E-state index is 12.4. The van der Waals surface area contributed by atoms with Crippen LogP contribution in [0.2, 0.25) is 0 Å². The van der Waals surface area contributed by atoms with E-state index in [-0.39, 0.29) is 18.1 Å². The van der Waals surface area contributed by atoms with Crippen molar-refractivity contribution in [1.29, 1.82) is 0 Å². The number of urea groups is 1. The molecule has 1 unspecified atom stereocenters. The van der Waals surface area contributed by atoms with Crippen LogP contribution < -0.4 is 10.6 Å². The maximum Gasteiger partial charge on any atom is 0.315 e. The largest absolute Gasteiger partial charge is 0.335 e. The van der Waals surface area contributed by atoms with E-state index >= 15 is 0 Å². The van der Waals surface area contributed by atoms with Crippen LogP contribution in [0.15, 0.2) is 30.3 Å². The lowest BCUT2D eigenvalue weighted by molar-refractivity contribution is 0.220. The van der Waals surface area contributed by atoms with E-state index in [4.69, 9.17) is 0 Å². The van der Waals surface area contributed by atoms with Gasteiger partial charge in [0.1, 0.15) is 0 Å². The van der Waals surface area contributed by atoms with E-state index in [1.54, 1.807) is 0 Å². The molecule has 1 fully saturated rings. The van der Waals surface area contributed by atoms with Gasteiger partial charge in [0.2, 0.25) is 10.0 Å². The third-order valence-corrected chi connectivity index (χ3v) is 5.62. The number of nitrogens with zero attached hydrogens (tertiary/aromatic N) is 2. The third-order valence-electron chi connectivity index (χ3n) is 4.31. The van der Waals surface area contributed by atoms with Gasteiger partial charge in [0.15, 0.2) is 0 Å². The second-order valence-electron chi connectivity index (χ2n) is 6.78. The van der Waals surface area contributed by atoms with E-state index in [0.29, 0.717) is 32.5 Å². The predicted molar refractivity (Wildman–Crippen MR) is 98.8 cm³/mol. The molecule has 7 nitrogen and oxygen atoms in total. The molecule has 2 amide bonds. The van der Waals surface area contributed by atoms with Crippen LogP contribution in [-0.4, -0.2) is 69.7 Å². The highest BCUT2D eigenvalue weighted by Crippen LogP contribution is 2.15. The quantitative estimate of drug-likeness (QED) is 0.785. The van der Waals surface area contributed by atoms with E-state index in [1.165, 1.54) is 10.6 Å². The minimum atomic E-state index is -3.15. The van der Waals surface area contributed by atoms with Crippen LogP contribution in [0.1, 0.15) is 24.4 Å². The van der Waals surface area contributed by atoms with Crippen molar-refractivity contribution in [3.8, 4) is 0 Å². The Morgan fingerprint density at radius 2 is 1.84 bits per heavy atom. The maximum absolute atomic E-state index is 12.4. The molecule has 25 heavy (non-hydrogen) atoms. The molecule has 1 atom stereocenters. The molecule has 0 bridgehead atoms. The first kappa shape index (κ1) is 19.7. The summed E-state index contributed by atoms with van der Waals surface area (Å²) < 4.78 is 24.5. The summed E-state index contributed by atoms with van der Waals surface area (Å²) in [5.74, 6) is 0. The van der Waals surface area contributed by atoms with Gasteiger partial charge in [-0.1, -0.05) is 30.3 Å². The molecule has 1 heterocycles. The molecule has 1 aliphatic rings. The molecule has 0 saturated carbocycles. The van der Waals surface area contributed by atoms with Gasteiger partial charge in [0, 0.05) is 25.7 Å². The zero-order valence-electron chi connectivity index (χ0n) is 15.1. The van der Waals surface area contributed by atoms with Gasteiger partial charge in [-0.2, -0.15) is 0 Å². The number of amides is 2. The smallest absolute Gasteiger partial charge is 0.315 e. The van der Waals surface area contributed by atoms with Crippen LogP contribution in [0.25, 0.3) is 0 Å². The highest BCUT2D eigenvalue weighted by molar-refractivity contribution is 7.88. The predicted octanol–water partition coefficient (Wildman–Crippen LogP) is 1.01. The van der Waals surface area contributed by atoms with E-state index in [2.05, 4.69) is 10.6 Å². The number of hydrogen-bond acceptors (Lipinski definition) is 4. The van der Waals surface area contributed by atoms with Gasteiger partial charge in [-0.3, -0.25) is 0 Å². The number of carbonyl (C=O) groups is 1. The zero-order chi connectivity index (χ0) is 18.4. The Morgan fingerprint density at radius 1 is 1.24 bits per heavy atom. The van der Waals surface area contributed by atoms with Crippen molar-refractivity contribution in [3.63, 3.8) is 0 Å². The topological polar surface area (TPSA) is 81.8 Å². The second kappa shape index (κ2) is 8.64. The fraction of sp³-hybridized carbons (Fsp3) is 0.588. The summed E-state index contributed by atoms with van der Waals surface area (Å²) in [4.78, 5) is 14.4. The van der Waals surface area contributed by atoms with Crippen molar-refractivity contribution in [2.75, 3.05) is 40.0 Å². The van der Waals surface area contributed by atoms with Gasteiger partial charge in [-0.25, -0.2) is 17.5 Å². The van der Waals surface area contributed by atoms with Crippen LogP contribution in [0.4, 0.5) is 4.79 Å². The molecular formula is C17H28N4O3S. The monoisotopic (exact) mass is 368 g/mol. The average Bonchev–Trinajstić information content (AvgIpc) is 2.54. The van der Waals surface area contributed by atoms with E-state index in [1.807, 2.05) is 49.3 Å². The summed E-state index contributed by atoms with van der Waals surface area (Å²) in [7, 11) is 0.791. The number of benzene rings is 1. The summed E-state index contributed by atoms with van der Waals surface area (Å²) in [6.45, 7) is 1.59. The zero-order valence-corrected chi connectivity index (χ0v) is 15.9. The van der Waals surface area contributed by atoms with Crippen LogP contribution in [0.3, 0.4) is 0 Å². The Bertz CT molecular complexity index is 656. The summed E-state index contributed by atoms with van der Waals surface area (Å²) in [6.07, 6.45) is 2.48. The molecule has 1 aliphatic heterocycles. The number of carbonyl (C=O) groups excluding carboxylic acids is 1. The van der Waals surface area contributed by atoms with Gasteiger partial charge < -0.3 is 15.5 Å². The molecule has 1 saturated heterocycles. The van der Waals surface area contributed by atoms with Crippen LogP contribution in [0.5, 0.6) is 0 Å². The normalized spacial score (nSPS) is 18.1. The lowest BCUT2D eigenvalue weighted by atomic mass is 10.1. The lowest BCUT2D eigenvalue weighted by Crippen LogP contribution is -2.50. The SMILES string of the molecule is CN(C)CC(NC(=O)NC1CCN(S(C)(=O)=O)CC1)c1ccccc1. The van der Waals surface area contributed by atoms with Gasteiger partial charge in [0.25, 0.3) is 0 Å². The fourth-order valence-electron chi connectivity index (χ4n) is 3.00. The molecule has 0 spiro atoms. The van der Waals surface area contributed by atoms with Crippen molar-refractivity contribution in [2.24, 2.45) is 0 Å². The number of likely N-dealkylation sites (N-methyl/N-ethyl adjacent to an activating group) is 1. The Balaban J connectivity index is 1.89. The highest BCUT2D eigenvalue weighted by Gasteiger charge is 2.26. The Kier molecular flexibility index (Phi) is 6.80. The molecule has 2 rings (SSSR count). The first-order valence-corrected chi connectivity index (χ1v) is 10.3. The summed E-state index contributed by atoms with van der Waals surface area (Å²) in [5.41, 5.74) is 1.05. The number of nitrogens with one attached hydrogen (secondary N) is 2. The Labute approximate surface area is 150 Å². The van der Waals surface area contributed by atoms with Crippen molar-refractivity contribution in [3.05, 3.63) is 35.9 Å². The second-order valence-corrected chi connectivity index (χ2v) is 8.76. The molecule has 140 valence electrons. The van der Waals surface area contributed by atoms with Crippen molar-refractivity contribution < 1.29 is 13.2 Å². The molecule has 8 heteroatoms. The molecule has 0 radical (unpaired) electrons. The Hall–Kier alpha value is -1.64. The summed E-state index contributed by atoms with van der Waals surface area (Å²) in [5, 5.41) is 6.00. The fourth-order valence-corrected chi connectivity index (χ4v) is 3.88. The van der Waals surface area contributed by atoms with E-state index < -0.39 is 10.0 Å². The summed E-state index contributed by atoms with van der Waals surface area (Å²) >= 11 is 0. The molecule has 0 aromatic heterocycles. The Morgan fingerprint density at radius 3 is 2.36 bits per heavy atom. The van der Waals surface area contributed by atoms with Gasteiger partial charge in [0.05, 0.1) is 12.3 Å². The molecule has 0 aliphatic carbocycles. The first-order chi connectivity index (χ1) is 11.8. The van der Waals surface area contributed by atoms with Crippen molar-refractivity contribution >= 4 is 16.1 Å². The third kappa shape index (κ3) is 6.30. The highest BCUT2D eigenvalue weighted by atomic mass is 32.2. The molecular weight excluding hydrogens is 340 g/mol. The van der Waals surface area contributed by atoms with E-state index in [0.717, 1.165) is 5.56 Å². The number of hydrogen-bond donors (Lipinski definition) is 2. The molecule has 1 aromatic carbocycles. The average molecular weight is 369 g/mol. The standard InChI is InChI=1S/C17H28N4O3S/c1-20(2)13-16(14-7-5-4-6-8-14)19-17(22)18-15-9-11-21(12-10-15)25(3,23)24/h4-8,15-16H,9-13H2,1-3H3,(H2,18,19,22). The van der Waals surface area contributed by atoms with Crippen LogP contribution >= 0.6 is 0 Å². The molecule has 2 N–H and O–H groups in total. The summed E-state index contributed by atoms with van der Waals surface area (Å²) in [6, 6.07) is 9.54. The lowest BCUT2D eigenvalue weighted by Gasteiger charge is -2.31.